The average molecular weight is 404 g/mol. The highest BCUT2D eigenvalue weighted by atomic mass is 32.2. The van der Waals surface area contributed by atoms with Crippen molar-refractivity contribution in [3.63, 3.8) is 0 Å². The number of phenols is 1. The van der Waals surface area contributed by atoms with Crippen LogP contribution in [0.3, 0.4) is 0 Å². The summed E-state index contributed by atoms with van der Waals surface area (Å²) in [7, 11) is -3.64. The number of pyridine rings is 1. The Morgan fingerprint density at radius 2 is 1.79 bits per heavy atom. The summed E-state index contributed by atoms with van der Waals surface area (Å²) in [5.74, 6) is -1.65. The van der Waals surface area contributed by atoms with Gasteiger partial charge in [-0.1, -0.05) is 12.1 Å². The third-order valence-corrected chi connectivity index (χ3v) is 6.43. The first-order valence-electron chi connectivity index (χ1n) is 8.68. The fourth-order valence-corrected chi connectivity index (χ4v) is 4.39. The van der Waals surface area contributed by atoms with E-state index in [1.165, 1.54) is 34.9 Å². The van der Waals surface area contributed by atoms with E-state index in [9.17, 15) is 23.1 Å². The summed E-state index contributed by atoms with van der Waals surface area (Å²) in [5.41, 5.74) is 4.64. The van der Waals surface area contributed by atoms with Gasteiger partial charge >= 0.3 is 0 Å². The number of nitrogens with one attached hydrogen (secondary N) is 2. The monoisotopic (exact) mass is 404 g/mol. The van der Waals surface area contributed by atoms with E-state index >= 15 is 0 Å². The lowest BCUT2D eigenvalue weighted by molar-refractivity contribution is -0.126. The van der Waals surface area contributed by atoms with Crippen molar-refractivity contribution < 1.29 is 23.1 Å². The van der Waals surface area contributed by atoms with E-state index in [2.05, 4.69) is 15.8 Å². The van der Waals surface area contributed by atoms with Crippen LogP contribution in [0.5, 0.6) is 5.75 Å². The van der Waals surface area contributed by atoms with Crippen molar-refractivity contribution in [3.05, 3.63) is 54.4 Å². The molecule has 0 spiro atoms. The summed E-state index contributed by atoms with van der Waals surface area (Å²) in [6.45, 7) is 0.394. The van der Waals surface area contributed by atoms with Gasteiger partial charge in [-0.05, 0) is 37.1 Å². The van der Waals surface area contributed by atoms with E-state index in [0.29, 0.717) is 12.8 Å². The maximum absolute atomic E-state index is 12.6. The molecule has 1 aromatic heterocycles. The van der Waals surface area contributed by atoms with Crippen LogP contribution in [0.1, 0.15) is 23.2 Å². The molecule has 9 nitrogen and oxygen atoms in total. The van der Waals surface area contributed by atoms with Crippen molar-refractivity contribution >= 4 is 21.8 Å². The molecule has 1 aliphatic heterocycles. The normalized spacial score (nSPS) is 15.7. The molecule has 0 bridgehead atoms. The van der Waals surface area contributed by atoms with Crippen LogP contribution in [0, 0.1) is 5.92 Å². The Labute approximate surface area is 162 Å². The topological polar surface area (TPSA) is 129 Å². The summed E-state index contributed by atoms with van der Waals surface area (Å²) in [6, 6.07) is 9.01. The fourth-order valence-electron chi connectivity index (χ4n) is 2.96. The molecule has 148 valence electrons. The predicted octanol–water partition coefficient (Wildman–Crippen LogP) is 0.649. The molecule has 0 radical (unpaired) electrons. The molecule has 0 saturated carbocycles. The minimum Gasteiger partial charge on any atom is -0.507 e. The number of amides is 2. The van der Waals surface area contributed by atoms with Gasteiger partial charge in [0.05, 0.1) is 5.56 Å². The fraction of sp³-hybridized carbons (Fsp3) is 0.278. The quantitative estimate of drug-likeness (QED) is 0.642. The number of carbonyl (C=O) groups is 2. The van der Waals surface area contributed by atoms with Crippen molar-refractivity contribution in [1.82, 2.24) is 20.1 Å². The second-order valence-electron chi connectivity index (χ2n) is 6.33. The Morgan fingerprint density at radius 1 is 1.07 bits per heavy atom. The van der Waals surface area contributed by atoms with Crippen molar-refractivity contribution in [2.24, 2.45) is 5.92 Å². The summed E-state index contributed by atoms with van der Waals surface area (Å²) in [4.78, 5) is 28.2. The van der Waals surface area contributed by atoms with Crippen LogP contribution in [0.25, 0.3) is 0 Å². The Balaban J connectivity index is 1.53. The van der Waals surface area contributed by atoms with Gasteiger partial charge in [-0.25, -0.2) is 8.42 Å². The lowest BCUT2D eigenvalue weighted by Crippen LogP contribution is -2.48. The first-order chi connectivity index (χ1) is 13.4. The number of phenolic OH excluding ortho intramolecular Hbond substituents is 1. The summed E-state index contributed by atoms with van der Waals surface area (Å²) < 4.78 is 26.5. The number of hydrogen-bond acceptors (Lipinski definition) is 6. The number of benzene rings is 1. The Bertz CT molecular complexity index is 957. The van der Waals surface area contributed by atoms with Gasteiger partial charge in [0.1, 0.15) is 10.6 Å². The van der Waals surface area contributed by atoms with Crippen LogP contribution < -0.4 is 10.9 Å². The van der Waals surface area contributed by atoms with E-state index in [1.54, 1.807) is 18.2 Å². The van der Waals surface area contributed by atoms with Crippen LogP contribution in [0.2, 0.25) is 0 Å². The van der Waals surface area contributed by atoms with Gasteiger partial charge < -0.3 is 5.11 Å². The van der Waals surface area contributed by atoms with Crippen LogP contribution in [-0.4, -0.2) is 47.7 Å². The Morgan fingerprint density at radius 3 is 2.43 bits per heavy atom. The summed E-state index contributed by atoms with van der Waals surface area (Å²) in [5, 5.41) is 9.65. The molecule has 28 heavy (non-hydrogen) atoms. The molecular formula is C18H20N4O5S. The molecule has 1 aliphatic rings. The van der Waals surface area contributed by atoms with Crippen molar-refractivity contribution in [2.75, 3.05) is 13.1 Å². The van der Waals surface area contributed by atoms with E-state index in [4.69, 9.17) is 0 Å². The van der Waals surface area contributed by atoms with Crippen LogP contribution in [-0.2, 0) is 14.8 Å². The highest BCUT2D eigenvalue weighted by Gasteiger charge is 2.32. The number of hydrazine groups is 1. The molecule has 2 heterocycles. The number of hydrogen-bond donors (Lipinski definition) is 3. The minimum atomic E-state index is -3.64. The summed E-state index contributed by atoms with van der Waals surface area (Å²) >= 11 is 0. The molecule has 2 aromatic rings. The number of rotatable bonds is 4. The number of aromatic nitrogens is 1. The molecule has 1 saturated heterocycles. The Kier molecular flexibility index (Phi) is 5.90. The number of piperidine rings is 1. The lowest BCUT2D eigenvalue weighted by atomic mass is 9.98. The Hall–Kier alpha value is -2.98. The number of carbonyl (C=O) groups excluding carboxylic acids is 2. The maximum Gasteiger partial charge on any atom is 0.273 e. The zero-order valence-corrected chi connectivity index (χ0v) is 15.7. The van der Waals surface area contributed by atoms with Crippen LogP contribution >= 0.6 is 0 Å². The molecule has 3 N–H and O–H groups in total. The van der Waals surface area contributed by atoms with Crippen molar-refractivity contribution in [3.8, 4) is 5.75 Å². The molecule has 0 aliphatic carbocycles. The van der Waals surface area contributed by atoms with Crippen molar-refractivity contribution in [1.29, 1.82) is 0 Å². The first-order valence-corrected chi connectivity index (χ1v) is 10.1. The number of sulfonamides is 1. The average Bonchev–Trinajstić information content (AvgIpc) is 2.73. The van der Waals surface area contributed by atoms with Gasteiger partial charge in [-0.2, -0.15) is 4.31 Å². The van der Waals surface area contributed by atoms with Gasteiger partial charge in [-0.3, -0.25) is 25.4 Å². The van der Waals surface area contributed by atoms with Gasteiger partial charge in [0.25, 0.3) is 5.91 Å². The number of para-hydroxylation sites is 1. The molecule has 0 atom stereocenters. The van der Waals surface area contributed by atoms with E-state index < -0.39 is 27.8 Å². The highest BCUT2D eigenvalue weighted by Crippen LogP contribution is 2.23. The number of aromatic hydroxyl groups is 1. The third-order valence-electron chi connectivity index (χ3n) is 4.54. The van der Waals surface area contributed by atoms with E-state index in [-0.39, 0.29) is 29.3 Å². The summed E-state index contributed by atoms with van der Waals surface area (Å²) in [6.07, 6.45) is 3.46. The second kappa shape index (κ2) is 8.36. The van der Waals surface area contributed by atoms with E-state index in [0.717, 1.165) is 0 Å². The lowest BCUT2D eigenvalue weighted by Gasteiger charge is -2.30. The van der Waals surface area contributed by atoms with Gasteiger partial charge in [0.2, 0.25) is 15.9 Å². The van der Waals surface area contributed by atoms with Gasteiger partial charge in [0.15, 0.2) is 0 Å². The highest BCUT2D eigenvalue weighted by molar-refractivity contribution is 7.89. The third kappa shape index (κ3) is 4.29. The molecule has 10 heteroatoms. The maximum atomic E-state index is 12.6. The van der Waals surface area contributed by atoms with Gasteiger partial charge in [0, 0.05) is 31.4 Å². The minimum absolute atomic E-state index is 0.0418. The standard InChI is InChI=1S/C18H20N4O5S/c23-16-6-2-1-5-15(16)18(25)21-20-17(24)13-7-10-22(11-8-13)28(26,27)14-4-3-9-19-12-14/h1-6,9,12-13,23H,7-8,10-11H2,(H,20,24)(H,21,25). The van der Waals surface area contributed by atoms with Crippen LogP contribution in [0.4, 0.5) is 0 Å². The van der Waals surface area contributed by atoms with Crippen molar-refractivity contribution in [2.45, 2.75) is 17.7 Å². The van der Waals surface area contributed by atoms with Crippen LogP contribution in [0.15, 0.2) is 53.7 Å². The molecule has 1 fully saturated rings. The molecule has 2 amide bonds. The first kappa shape index (κ1) is 19.8. The molecule has 3 rings (SSSR count). The van der Waals surface area contributed by atoms with E-state index in [1.807, 2.05) is 0 Å². The zero-order chi connectivity index (χ0) is 20.1. The smallest absolute Gasteiger partial charge is 0.273 e. The number of nitrogens with zero attached hydrogens (tertiary/aromatic N) is 2. The largest absolute Gasteiger partial charge is 0.507 e. The zero-order valence-electron chi connectivity index (χ0n) is 14.9. The van der Waals surface area contributed by atoms with Gasteiger partial charge in [-0.15, -0.1) is 0 Å². The predicted molar refractivity (Wildman–Crippen MR) is 99.4 cm³/mol. The second-order valence-corrected chi connectivity index (χ2v) is 8.27. The molecule has 1 aromatic carbocycles. The molecular weight excluding hydrogens is 384 g/mol. The molecule has 0 unspecified atom stereocenters. The SMILES string of the molecule is O=C(NNC(=O)C1CCN(S(=O)(=O)c2cccnc2)CC1)c1ccccc1O.